The second-order valence-electron chi connectivity index (χ2n) is 5.73. The fourth-order valence-electron chi connectivity index (χ4n) is 2.96. The predicted molar refractivity (Wildman–Crippen MR) is 97.9 cm³/mol. The van der Waals surface area contributed by atoms with Gasteiger partial charge in [-0.3, -0.25) is 0 Å². The van der Waals surface area contributed by atoms with E-state index in [9.17, 15) is 0 Å². The van der Waals surface area contributed by atoms with Crippen molar-refractivity contribution in [2.75, 3.05) is 7.11 Å². The Labute approximate surface area is 148 Å². The van der Waals surface area contributed by atoms with Crippen LogP contribution in [0, 0.1) is 6.92 Å². The first kappa shape index (κ1) is 15.1. The number of nitrogens with zero attached hydrogens (tertiary/aromatic N) is 3. The van der Waals surface area contributed by atoms with Gasteiger partial charge in [-0.1, -0.05) is 36.4 Å². The molecular weight excluding hydrogens is 366 g/mol. The lowest BCUT2D eigenvalue weighted by Crippen LogP contribution is -2.07. The zero-order valence-corrected chi connectivity index (χ0v) is 15.0. The van der Waals surface area contributed by atoms with Gasteiger partial charge in [0.05, 0.1) is 18.5 Å². The molecule has 3 aromatic rings. The Bertz CT molecular complexity index is 945. The summed E-state index contributed by atoms with van der Waals surface area (Å²) in [7, 11) is 1.68. The molecule has 0 saturated heterocycles. The molecule has 0 N–H and O–H groups in total. The average molecular weight is 382 g/mol. The van der Waals surface area contributed by atoms with E-state index < -0.39 is 0 Å². The Balaban J connectivity index is 2.01. The SMILES string of the molecule is COc1ccc2c(c1)C(c1ccccc1)=Nn1c(nc(C)c1Br)C2. The molecule has 0 spiro atoms. The second kappa shape index (κ2) is 5.91. The highest BCUT2D eigenvalue weighted by Crippen LogP contribution is 2.29. The minimum absolute atomic E-state index is 0.728. The van der Waals surface area contributed by atoms with Crippen molar-refractivity contribution in [2.45, 2.75) is 13.3 Å². The van der Waals surface area contributed by atoms with Crippen molar-refractivity contribution in [3.63, 3.8) is 0 Å². The van der Waals surface area contributed by atoms with E-state index in [4.69, 9.17) is 9.84 Å². The zero-order chi connectivity index (χ0) is 16.7. The Morgan fingerprint density at radius 2 is 1.92 bits per heavy atom. The van der Waals surface area contributed by atoms with Crippen LogP contribution in [-0.4, -0.2) is 22.5 Å². The van der Waals surface area contributed by atoms with Gasteiger partial charge in [0.2, 0.25) is 0 Å². The molecule has 4 rings (SSSR count). The molecule has 1 aliphatic heterocycles. The first-order valence-corrected chi connectivity index (χ1v) is 8.52. The first-order valence-electron chi connectivity index (χ1n) is 7.73. The minimum atomic E-state index is 0.728. The maximum atomic E-state index is 5.42. The Kier molecular flexibility index (Phi) is 3.73. The number of imidazole rings is 1. The topological polar surface area (TPSA) is 39.4 Å². The maximum Gasteiger partial charge on any atom is 0.135 e. The molecule has 0 fully saturated rings. The number of hydrogen-bond acceptors (Lipinski definition) is 3. The summed E-state index contributed by atoms with van der Waals surface area (Å²) in [5, 5.41) is 4.91. The standard InChI is InChI=1S/C19H16BrN3O/c1-12-19(20)23-17(21-12)10-14-8-9-15(24-2)11-16(14)18(22-23)13-6-4-3-5-7-13/h3-9,11H,10H2,1-2H3. The molecule has 5 heteroatoms. The minimum Gasteiger partial charge on any atom is -0.497 e. The van der Waals surface area contributed by atoms with E-state index in [-0.39, 0.29) is 0 Å². The molecule has 0 atom stereocenters. The van der Waals surface area contributed by atoms with E-state index in [0.29, 0.717) is 0 Å². The number of aryl methyl sites for hydroxylation is 1. The molecule has 0 amide bonds. The van der Waals surface area contributed by atoms with Crippen LogP contribution in [0.15, 0.2) is 58.2 Å². The third-order valence-electron chi connectivity index (χ3n) is 4.19. The van der Waals surface area contributed by atoms with Gasteiger partial charge in [-0.15, -0.1) is 0 Å². The van der Waals surface area contributed by atoms with Crippen LogP contribution in [0.4, 0.5) is 0 Å². The molecule has 2 aromatic carbocycles. The van der Waals surface area contributed by atoms with Crippen LogP contribution in [0.25, 0.3) is 0 Å². The van der Waals surface area contributed by atoms with Crippen molar-refractivity contribution in [3.8, 4) is 5.75 Å². The van der Waals surface area contributed by atoms with Crippen LogP contribution in [0.1, 0.15) is 28.2 Å². The number of rotatable bonds is 2. The summed E-state index contributed by atoms with van der Waals surface area (Å²) in [6.07, 6.45) is 0.728. The second-order valence-corrected chi connectivity index (χ2v) is 6.48. The van der Waals surface area contributed by atoms with E-state index >= 15 is 0 Å². The summed E-state index contributed by atoms with van der Waals surface area (Å²) in [6, 6.07) is 16.3. The van der Waals surface area contributed by atoms with Crippen LogP contribution in [0.5, 0.6) is 5.75 Å². The van der Waals surface area contributed by atoms with Gasteiger partial charge >= 0.3 is 0 Å². The lowest BCUT2D eigenvalue weighted by Gasteiger charge is -2.11. The van der Waals surface area contributed by atoms with Crippen molar-refractivity contribution in [2.24, 2.45) is 5.10 Å². The lowest BCUT2D eigenvalue weighted by atomic mass is 9.96. The summed E-state index contributed by atoms with van der Waals surface area (Å²) in [5.41, 5.74) is 5.20. The Hall–Kier alpha value is -2.40. The van der Waals surface area contributed by atoms with Crippen LogP contribution < -0.4 is 4.74 Å². The van der Waals surface area contributed by atoms with Gasteiger partial charge in [0.15, 0.2) is 0 Å². The molecule has 120 valence electrons. The molecule has 0 aliphatic carbocycles. The summed E-state index contributed by atoms with van der Waals surface area (Å²) >= 11 is 3.61. The summed E-state index contributed by atoms with van der Waals surface area (Å²) < 4.78 is 8.21. The number of fused-ring (bicyclic) bond motifs is 2. The fraction of sp³-hybridized carbons (Fsp3) is 0.158. The third kappa shape index (κ3) is 2.45. The van der Waals surface area contributed by atoms with Crippen LogP contribution in [-0.2, 0) is 6.42 Å². The zero-order valence-electron chi connectivity index (χ0n) is 13.5. The largest absolute Gasteiger partial charge is 0.497 e. The van der Waals surface area contributed by atoms with Crippen molar-refractivity contribution < 1.29 is 4.74 Å². The highest BCUT2D eigenvalue weighted by atomic mass is 79.9. The molecule has 1 aromatic heterocycles. The van der Waals surface area contributed by atoms with Gasteiger partial charge < -0.3 is 4.74 Å². The average Bonchev–Trinajstić information content (AvgIpc) is 2.79. The molecule has 24 heavy (non-hydrogen) atoms. The molecule has 0 radical (unpaired) electrons. The van der Waals surface area contributed by atoms with Gasteiger partial charge in [-0.2, -0.15) is 5.10 Å². The van der Waals surface area contributed by atoms with Gasteiger partial charge in [0, 0.05) is 17.5 Å². The van der Waals surface area contributed by atoms with Crippen LogP contribution in [0.2, 0.25) is 0 Å². The number of ether oxygens (including phenoxy) is 1. The molecule has 2 heterocycles. The Morgan fingerprint density at radius 3 is 2.67 bits per heavy atom. The number of aromatic nitrogens is 2. The van der Waals surface area contributed by atoms with Gasteiger partial charge in [-0.25, -0.2) is 9.66 Å². The van der Waals surface area contributed by atoms with E-state index in [1.165, 1.54) is 5.56 Å². The van der Waals surface area contributed by atoms with Crippen LogP contribution in [0.3, 0.4) is 0 Å². The van der Waals surface area contributed by atoms with Gasteiger partial charge in [0.1, 0.15) is 16.2 Å². The molecule has 0 saturated carbocycles. The molecule has 0 unspecified atom stereocenters. The number of methoxy groups -OCH3 is 1. The maximum absolute atomic E-state index is 5.42. The van der Waals surface area contributed by atoms with Crippen LogP contribution >= 0.6 is 15.9 Å². The predicted octanol–water partition coefficient (Wildman–Crippen LogP) is 4.17. The van der Waals surface area contributed by atoms with E-state index in [2.05, 4.69) is 39.1 Å². The first-order chi connectivity index (χ1) is 11.7. The number of hydrogen-bond donors (Lipinski definition) is 0. The van der Waals surface area contributed by atoms with E-state index in [0.717, 1.165) is 45.1 Å². The monoisotopic (exact) mass is 381 g/mol. The van der Waals surface area contributed by atoms with Crippen molar-refractivity contribution in [1.29, 1.82) is 0 Å². The quantitative estimate of drug-likeness (QED) is 0.522. The number of benzene rings is 2. The van der Waals surface area contributed by atoms with E-state index in [1.807, 2.05) is 41.9 Å². The van der Waals surface area contributed by atoms with Gasteiger partial charge in [0.25, 0.3) is 0 Å². The highest BCUT2D eigenvalue weighted by Gasteiger charge is 2.22. The third-order valence-corrected chi connectivity index (χ3v) is 5.10. The molecule has 4 nitrogen and oxygen atoms in total. The smallest absolute Gasteiger partial charge is 0.135 e. The van der Waals surface area contributed by atoms with E-state index in [1.54, 1.807) is 7.11 Å². The fourth-order valence-corrected chi connectivity index (χ4v) is 3.33. The normalized spacial score (nSPS) is 12.9. The van der Waals surface area contributed by atoms with Gasteiger partial charge in [-0.05, 0) is 40.5 Å². The molecular formula is C19H16BrN3O. The Morgan fingerprint density at radius 1 is 1.12 bits per heavy atom. The summed E-state index contributed by atoms with van der Waals surface area (Å²) in [4.78, 5) is 4.66. The van der Waals surface area contributed by atoms with Crippen molar-refractivity contribution in [1.82, 2.24) is 9.66 Å². The highest BCUT2D eigenvalue weighted by molar-refractivity contribution is 9.10. The van der Waals surface area contributed by atoms with Crippen molar-refractivity contribution in [3.05, 3.63) is 81.3 Å². The molecule has 1 aliphatic rings. The molecule has 0 bridgehead atoms. The lowest BCUT2D eigenvalue weighted by molar-refractivity contribution is 0.414. The number of halogens is 1. The summed E-state index contributed by atoms with van der Waals surface area (Å²) in [5.74, 6) is 1.75. The van der Waals surface area contributed by atoms with Crippen molar-refractivity contribution >= 4 is 21.6 Å². The summed E-state index contributed by atoms with van der Waals surface area (Å²) in [6.45, 7) is 1.98.